The molecule has 4 nitrogen and oxygen atoms in total. The molecule has 20 heavy (non-hydrogen) atoms. The predicted molar refractivity (Wildman–Crippen MR) is 82.6 cm³/mol. The second-order valence-electron chi connectivity index (χ2n) is 5.09. The minimum Gasteiger partial charge on any atom is -0.187 e. The largest absolute Gasteiger partial charge is 0.234 e. The Balaban J connectivity index is 1.86. The Bertz CT molecular complexity index is 725. The van der Waals surface area contributed by atoms with Gasteiger partial charge in [-0.3, -0.25) is 0 Å². The number of hydrogen-bond donors (Lipinski definition) is 0. The van der Waals surface area contributed by atoms with Crippen LogP contribution in [-0.4, -0.2) is 19.8 Å². The van der Waals surface area contributed by atoms with Crippen molar-refractivity contribution in [1.29, 1.82) is 0 Å². The van der Waals surface area contributed by atoms with E-state index in [0.29, 0.717) is 5.92 Å². The molecule has 0 atom stereocenters. The van der Waals surface area contributed by atoms with Crippen molar-refractivity contribution >= 4 is 28.4 Å². The molecule has 0 amide bonds. The Morgan fingerprint density at radius 2 is 1.95 bits per heavy atom. The molecule has 0 saturated heterocycles. The van der Waals surface area contributed by atoms with Gasteiger partial charge in [0.1, 0.15) is 5.01 Å². The first-order chi connectivity index (χ1) is 9.72. The van der Waals surface area contributed by atoms with Gasteiger partial charge < -0.3 is 0 Å². The Morgan fingerprint density at radius 1 is 1.15 bits per heavy atom. The molecule has 102 valence electrons. The molecule has 0 bridgehead atoms. The molecule has 0 N–H and O–H groups in total. The molecule has 0 aliphatic heterocycles. The summed E-state index contributed by atoms with van der Waals surface area (Å²) in [7, 11) is 0. The fourth-order valence-corrected chi connectivity index (χ4v) is 2.72. The molecule has 0 fully saturated rings. The highest BCUT2D eigenvalue weighted by Crippen LogP contribution is 2.18. The highest BCUT2D eigenvalue weighted by Gasteiger charge is 2.11. The first-order valence-corrected chi connectivity index (χ1v) is 7.48. The van der Waals surface area contributed by atoms with Gasteiger partial charge in [0.05, 0.1) is 0 Å². The molecule has 0 unspecified atom stereocenters. The molecule has 0 radical (unpaired) electrons. The van der Waals surface area contributed by atoms with E-state index in [4.69, 9.17) is 0 Å². The Kier molecular flexibility index (Phi) is 3.60. The van der Waals surface area contributed by atoms with Crippen LogP contribution in [0.2, 0.25) is 0 Å². The summed E-state index contributed by atoms with van der Waals surface area (Å²) in [6.45, 7) is 4.34. The third-order valence-electron chi connectivity index (χ3n) is 2.88. The molecule has 2 aromatic heterocycles. The maximum Gasteiger partial charge on any atom is 0.234 e. The van der Waals surface area contributed by atoms with E-state index >= 15 is 0 Å². The zero-order chi connectivity index (χ0) is 13.9. The molecule has 2 heterocycles. The third kappa shape index (κ3) is 2.77. The SMILES string of the molecule is CC(C)Cc1nnc2sc(/C=C/c3ccccc3)nn12. The van der Waals surface area contributed by atoms with Gasteiger partial charge in [0, 0.05) is 6.42 Å². The molecule has 0 saturated carbocycles. The van der Waals surface area contributed by atoms with Gasteiger partial charge in [0.2, 0.25) is 4.96 Å². The minimum atomic E-state index is 0.549. The average Bonchev–Trinajstić information content (AvgIpc) is 2.99. The summed E-state index contributed by atoms with van der Waals surface area (Å²) < 4.78 is 1.86. The van der Waals surface area contributed by atoms with E-state index in [1.54, 1.807) is 11.3 Å². The second kappa shape index (κ2) is 5.54. The van der Waals surface area contributed by atoms with Crippen molar-refractivity contribution in [2.75, 3.05) is 0 Å². The van der Waals surface area contributed by atoms with Gasteiger partial charge in [-0.15, -0.1) is 10.2 Å². The van der Waals surface area contributed by atoms with Crippen LogP contribution in [0.5, 0.6) is 0 Å². The van der Waals surface area contributed by atoms with Gasteiger partial charge in [-0.25, -0.2) is 0 Å². The number of nitrogens with zero attached hydrogens (tertiary/aromatic N) is 4. The van der Waals surface area contributed by atoms with E-state index in [1.807, 2.05) is 28.8 Å². The van der Waals surface area contributed by atoms with E-state index in [2.05, 4.69) is 47.4 Å². The quantitative estimate of drug-likeness (QED) is 0.735. The zero-order valence-corrected chi connectivity index (χ0v) is 12.3. The molecule has 3 aromatic rings. The smallest absolute Gasteiger partial charge is 0.187 e. The van der Waals surface area contributed by atoms with Gasteiger partial charge in [0.25, 0.3) is 0 Å². The lowest BCUT2D eigenvalue weighted by molar-refractivity contribution is 0.606. The van der Waals surface area contributed by atoms with Crippen LogP contribution >= 0.6 is 11.3 Å². The van der Waals surface area contributed by atoms with Crippen molar-refractivity contribution in [2.24, 2.45) is 5.92 Å². The maximum absolute atomic E-state index is 4.56. The van der Waals surface area contributed by atoms with Crippen LogP contribution < -0.4 is 0 Å². The van der Waals surface area contributed by atoms with Crippen LogP contribution in [0, 0.1) is 5.92 Å². The molecule has 1 aromatic carbocycles. The van der Waals surface area contributed by atoms with Crippen molar-refractivity contribution < 1.29 is 0 Å². The zero-order valence-electron chi connectivity index (χ0n) is 11.5. The summed E-state index contributed by atoms with van der Waals surface area (Å²) in [5, 5.41) is 13.9. The Labute approximate surface area is 121 Å². The molecule has 0 aliphatic carbocycles. The van der Waals surface area contributed by atoms with Crippen LogP contribution in [0.4, 0.5) is 0 Å². The number of fused-ring (bicyclic) bond motifs is 1. The van der Waals surface area contributed by atoms with Gasteiger partial charge in [0.15, 0.2) is 5.82 Å². The van der Waals surface area contributed by atoms with Gasteiger partial charge in [-0.2, -0.15) is 9.61 Å². The third-order valence-corrected chi connectivity index (χ3v) is 3.74. The number of rotatable bonds is 4. The average molecular weight is 284 g/mol. The standard InChI is InChI=1S/C15H16N4S/c1-11(2)10-13-16-17-15-19(13)18-14(20-15)9-8-12-6-4-3-5-7-12/h3-9,11H,10H2,1-2H3/b9-8+. The molecular weight excluding hydrogens is 268 g/mol. The predicted octanol–water partition coefficient (Wildman–Crippen LogP) is 3.55. The van der Waals surface area contributed by atoms with E-state index < -0.39 is 0 Å². The summed E-state index contributed by atoms with van der Waals surface area (Å²) in [6.07, 6.45) is 4.98. The summed E-state index contributed by atoms with van der Waals surface area (Å²) in [4.78, 5) is 0.855. The van der Waals surface area contributed by atoms with E-state index in [1.165, 1.54) is 5.56 Å². The number of benzene rings is 1. The van der Waals surface area contributed by atoms with E-state index in [9.17, 15) is 0 Å². The first-order valence-electron chi connectivity index (χ1n) is 6.66. The van der Waals surface area contributed by atoms with Gasteiger partial charge in [-0.05, 0) is 17.6 Å². The van der Waals surface area contributed by atoms with E-state index in [-0.39, 0.29) is 0 Å². The molecular formula is C15H16N4S. The maximum atomic E-state index is 4.56. The number of hydrogen-bond acceptors (Lipinski definition) is 4. The summed E-state index contributed by atoms with van der Waals surface area (Å²) in [5.74, 6) is 1.48. The van der Waals surface area contributed by atoms with Gasteiger partial charge in [-0.1, -0.05) is 61.6 Å². The lowest BCUT2D eigenvalue weighted by Crippen LogP contribution is -2.01. The molecule has 0 spiro atoms. The van der Waals surface area contributed by atoms with Crippen LogP contribution in [0.1, 0.15) is 30.2 Å². The van der Waals surface area contributed by atoms with Crippen molar-refractivity contribution in [3.8, 4) is 0 Å². The Hall–Kier alpha value is -2.01. The fourth-order valence-electron chi connectivity index (χ4n) is 1.96. The Morgan fingerprint density at radius 3 is 2.70 bits per heavy atom. The number of aromatic nitrogens is 4. The monoisotopic (exact) mass is 284 g/mol. The topological polar surface area (TPSA) is 43.1 Å². The van der Waals surface area contributed by atoms with Crippen LogP contribution in [0.3, 0.4) is 0 Å². The summed E-state index contributed by atoms with van der Waals surface area (Å²) in [5.41, 5.74) is 1.17. The fraction of sp³-hybridized carbons (Fsp3) is 0.267. The van der Waals surface area contributed by atoms with Crippen molar-refractivity contribution in [2.45, 2.75) is 20.3 Å². The van der Waals surface area contributed by atoms with E-state index in [0.717, 1.165) is 22.2 Å². The van der Waals surface area contributed by atoms with Crippen LogP contribution in [-0.2, 0) is 6.42 Å². The van der Waals surface area contributed by atoms with Crippen molar-refractivity contribution in [1.82, 2.24) is 19.8 Å². The lowest BCUT2D eigenvalue weighted by atomic mass is 10.1. The van der Waals surface area contributed by atoms with Gasteiger partial charge >= 0.3 is 0 Å². The lowest BCUT2D eigenvalue weighted by Gasteiger charge is -1.99. The normalized spacial score (nSPS) is 11.9. The van der Waals surface area contributed by atoms with Crippen LogP contribution in [0.25, 0.3) is 17.1 Å². The molecule has 3 rings (SSSR count). The van der Waals surface area contributed by atoms with Crippen molar-refractivity contribution in [3.05, 3.63) is 46.7 Å². The highest BCUT2D eigenvalue weighted by atomic mass is 32.1. The first kappa shape index (κ1) is 13.0. The van der Waals surface area contributed by atoms with Crippen molar-refractivity contribution in [3.63, 3.8) is 0 Å². The minimum absolute atomic E-state index is 0.549. The molecule has 0 aliphatic rings. The molecule has 5 heteroatoms. The highest BCUT2D eigenvalue weighted by molar-refractivity contribution is 7.17. The second-order valence-corrected chi connectivity index (χ2v) is 6.08. The summed E-state index contributed by atoms with van der Waals surface area (Å²) in [6, 6.07) is 10.2. The summed E-state index contributed by atoms with van der Waals surface area (Å²) >= 11 is 1.56. The van der Waals surface area contributed by atoms with Crippen LogP contribution in [0.15, 0.2) is 30.3 Å².